The minimum Gasteiger partial charge on any atom is -0.508 e. The molecule has 0 aliphatic carbocycles. The summed E-state index contributed by atoms with van der Waals surface area (Å²) < 4.78 is 0. The van der Waals surface area contributed by atoms with Gasteiger partial charge >= 0.3 is 0 Å². The molecule has 1 aromatic rings. The Morgan fingerprint density at radius 2 is 1.90 bits per heavy atom. The number of para-hydroxylation sites is 1. The minimum absolute atomic E-state index is 0. The Hall–Kier alpha value is 0.656. The molecule has 1 aromatic carbocycles. The zero-order valence-corrected chi connectivity index (χ0v) is 9.59. The summed E-state index contributed by atoms with van der Waals surface area (Å²) in [7, 11) is 0. The normalized spacial score (nSPS) is 8.50. The summed E-state index contributed by atoms with van der Waals surface area (Å²) in [5, 5.41) is 9.11. The third-order valence-corrected chi connectivity index (χ3v) is 1.37. The van der Waals surface area contributed by atoms with Crippen molar-refractivity contribution in [2.75, 3.05) is 0 Å². The Morgan fingerprint density at radius 1 is 1.30 bits per heavy atom. The molecule has 1 radical (unpaired) electrons. The molecule has 0 bridgehead atoms. The standard InChI is InChI=1S/C8H10O.K/c1-2-7-5-3-4-6-8(7)9;/h3-6,9H,2H2,1H3;. The van der Waals surface area contributed by atoms with Crippen LogP contribution in [-0.2, 0) is 6.42 Å². The van der Waals surface area contributed by atoms with Gasteiger partial charge in [0.25, 0.3) is 0 Å². The molecule has 0 fully saturated rings. The number of aromatic hydroxyl groups is 1. The van der Waals surface area contributed by atoms with E-state index in [0.29, 0.717) is 5.75 Å². The van der Waals surface area contributed by atoms with Crippen molar-refractivity contribution < 1.29 is 5.11 Å². The van der Waals surface area contributed by atoms with Gasteiger partial charge in [-0.15, -0.1) is 0 Å². The molecule has 0 unspecified atom stereocenters. The van der Waals surface area contributed by atoms with Gasteiger partial charge in [0.05, 0.1) is 0 Å². The van der Waals surface area contributed by atoms with Gasteiger partial charge in [-0.1, -0.05) is 25.1 Å². The Labute approximate surface area is 104 Å². The molecule has 1 N–H and O–H groups in total. The molecule has 0 heterocycles. The van der Waals surface area contributed by atoms with Gasteiger partial charge in [0, 0.05) is 51.4 Å². The maximum Gasteiger partial charge on any atom is 0.118 e. The number of phenolic OH excluding ortho intramolecular Hbond substituents is 1. The Morgan fingerprint density at radius 3 is 2.30 bits per heavy atom. The molecule has 0 saturated heterocycles. The van der Waals surface area contributed by atoms with E-state index < -0.39 is 0 Å². The topological polar surface area (TPSA) is 20.2 Å². The molecule has 0 atom stereocenters. The number of hydrogen-bond acceptors (Lipinski definition) is 1. The molecular weight excluding hydrogens is 151 g/mol. The summed E-state index contributed by atoms with van der Waals surface area (Å²) in [5.74, 6) is 0.403. The van der Waals surface area contributed by atoms with Gasteiger partial charge in [0.2, 0.25) is 0 Å². The molecule has 49 valence electrons. The summed E-state index contributed by atoms with van der Waals surface area (Å²) >= 11 is 0. The van der Waals surface area contributed by atoms with Gasteiger partial charge in [-0.3, -0.25) is 0 Å². The number of benzene rings is 1. The van der Waals surface area contributed by atoms with Crippen LogP contribution >= 0.6 is 0 Å². The van der Waals surface area contributed by atoms with Gasteiger partial charge in [0.1, 0.15) is 5.75 Å². The quantitative estimate of drug-likeness (QED) is 0.620. The summed E-state index contributed by atoms with van der Waals surface area (Å²) in [4.78, 5) is 0. The van der Waals surface area contributed by atoms with Crippen molar-refractivity contribution in [3.63, 3.8) is 0 Å². The van der Waals surface area contributed by atoms with Crippen LogP contribution in [0, 0.1) is 0 Å². The number of rotatable bonds is 1. The van der Waals surface area contributed by atoms with Crippen molar-refractivity contribution in [3.8, 4) is 5.75 Å². The number of aryl methyl sites for hydroxylation is 1. The first-order valence-corrected chi connectivity index (χ1v) is 3.11. The Kier molecular flexibility index (Phi) is 5.68. The largest absolute Gasteiger partial charge is 0.508 e. The van der Waals surface area contributed by atoms with Crippen LogP contribution in [0.15, 0.2) is 24.3 Å². The minimum atomic E-state index is 0. The van der Waals surface area contributed by atoms with E-state index in [-0.39, 0.29) is 51.4 Å². The average Bonchev–Trinajstić information content (AvgIpc) is 1.89. The SMILES string of the molecule is CCc1ccccc1O.[K]. The van der Waals surface area contributed by atoms with Crippen LogP contribution in [0.1, 0.15) is 12.5 Å². The predicted octanol–water partition coefficient (Wildman–Crippen LogP) is 1.57. The van der Waals surface area contributed by atoms with Gasteiger partial charge in [-0.05, 0) is 18.1 Å². The van der Waals surface area contributed by atoms with Crippen LogP contribution in [0.5, 0.6) is 5.75 Å². The molecule has 0 spiro atoms. The molecule has 0 aromatic heterocycles. The summed E-state index contributed by atoms with van der Waals surface area (Å²) in [6.45, 7) is 2.02. The van der Waals surface area contributed by atoms with Crippen LogP contribution in [0.4, 0.5) is 0 Å². The number of hydrogen-bond donors (Lipinski definition) is 1. The molecule has 0 aliphatic heterocycles. The van der Waals surface area contributed by atoms with E-state index in [1.807, 2.05) is 25.1 Å². The zero-order chi connectivity index (χ0) is 6.69. The first kappa shape index (κ1) is 10.7. The molecule has 1 rings (SSSR count). The fraction of sp³-hybridized carbons (Fsp3) is 0.250. The molecule has 0 aliphatic rings. The van der Waals surface area contributed by atoms with E-state index in [0.717, 1.165) is 12.0 Å². The monoisotopic (exact) mass is 161 g/mol. The fourth-order valence-electron chi connectivity index (χ4n) is 0.810. The summed E-state index contributed by atoms with van der Waals surface area (Å²) in [6, 6.07) is 7.39. The van der Waals surface area contributed by atoms with Crippen LogP contribution in [-0.4, -0.2) is 56.5 Å². The maximum absolute atomic E-state index is 9.11. The van der Waals surface area contributed by atoms with Gasteiger partial charge in [0.15, 0.2) is 0 Å². The summed E-state index contributed by atoms with van der Waals surface area (Å²) in [6.07, 6.45) is 0.896. The molecule has 0 amide bonds. The zero-order valence-electron chi connectivity index (χ0n) is 6.46. The van der Waals surface area contributed by atoms with E-state index in [4.69, 9.17) is 5.11 Å². The van der Waals surface area contributed by atoms with E-state index in [1.165, 1.54) is 0 Å². The predicted molar refractivity (Wildman–Crippen MR) is 43.2 cm³/mol. The van der Waals surface area contributed by atoms with Gasteiger partial charge in [-0.2, -0.15) is 0 Å². The van der Waals surface area contributed by atoms with E-state index >= 15 is 0 Å². The van der Waals surface area contributed by atoms with Crippen molar-refractivity contribution in [1.82, 2.24) is 0 Å². The van der Waals surface area contributed by atoms with Crippen molar-refractivity contribution in [2.45, 2.75) is 13.3 Å². The Bertz CT molecular complexity index is 198. The average molecular weight is 161 g/mol. The first-order chi connectivity index (χ1) is 4.34. The smallest absolute Gasteiger partial charge is 0.118 e. The molecule has 2 heteroatoms. The van der Waals surface area contributed by atoms with Gasteiger partial charge in [-0.25, -0.2) is 0 Å². The second-order valence-corrected chi connectivity index (χ2v) is 1.98. The van der Waals surface area contributed by atoms with Crippen molar-refractivity contribution >= 4 is 51.4 Å². The van der Waals surface area contributed by atoms with Crippen LogP contribution in [0.3, 0.4) is 0 Å². The second kappa shape index (κ2) is 5.33. The first-order valence-electron chi connectivity index (χ1n) is 3.11. The van der Waals surface area contributed by atoms with Gasteiger partial charge < -0.3 is 5.11 Å². The Balaban J connectivity index is 0.000000810. The van der Waals surface area contributed by atoms with E-state index in [1.54, 1.807) is 6.07 Å². The molecule has 1 nitrogen and oxygen atoms in total. The summed E-state index contributed by atoms with van der Waals surface area (Å²) in [5.41, 5.74) is 1.01. The van der Waals surface area contributed by atoms with Crippen LogP contribution < -0.4 is 0 Å². The van der Waals surface area contributed by atoms with E-state index in [9.17, 15) is 0 Å². The molecule has 0 saturated carbocycles. The van der Waals surface area contributed by atoms with Crippen molar-refractivity contribution in [1.29, 1.82) is 0 Å². The van der Waals surface area contributed by atoms with Crippen molar-refractivity contribution in [3.05, 3.63) is 29.8 Å². The fourth-order valence-corrected chi connectivity index (χ4v) is 0.810. The van der Waals surface area contributed by atoms with Crippen LogP contribution in [0.2, 0.25) is 0 Å². The number of phenols is 1. The molecular formula is C8H10KO. The maximum atomic E-state index is 9.11. The van der Waals surface area contributed by atoms with Crippen molar-refractivity contribution in [2.24, 2.45) is 0 Å². The molecule has 10 heavy (non-hydrogen) atoms. The second-order valence-electron chi connectivity index (χ2n) is 1.98. The van der Waals surface area contributed by atoms with Crippen LogP contribution in [0.25, 0.3) is 0 Å². The third kappa shape index (κ3) is 2.72. The van der Waals surface area contributed by atoms with E-state index in [2.05, 4.69) is 0 Å². The third-order valence-electron chi connectivity index (χ3n) is 1.37.